The average Bonchev–Trinajstić information content (AvgIpc) is 3.33. The van der Waals surface area contributed by atoms with Crippen molar-refractivity contribution in [1.29, 1.82) is 0 Å². The summed E-state index contributed by atoms with van der Waals surface area (Å²) >= 11 is 0. The number of carbonyl (C=O) groups excluding carboxylic acids is 1. The summed E-state index contributed by atoms with van der Waals surface area (Å²) in [6, 6.07) is 6.19. The van der Waals surface area contributed by atoms with Crippen LogP contribution in [-0.2, 0) is 6.18 Å². The van der Waals surface area contributed by atoms with Gasteiger partial charge >= 0.3 is 12.4 Å². The molecule has 1 saturated heterocycles. The first kappa shape index (κ1) is 28.3. The first-order valence-electron chi connectivity index (χ1n) is 12.7. The summed E-state index contributed by atoms with van der Waals surface area (Å²) in [6.07, 6.45) is -4.57. The highest BCUT2D eigenvalue weighted by Crippen LogP contribution is 2.39. The van der Waals surface area contributed by atoms with Crippen LogP contribution in [0, 0.1) is 0 Å². The van der Waals surface area contributed by atoms with Crippen LogP contribution in [0.25, 0.3) is 16.8 Å². The van der Waals surface area contributed by atoms with E-state index in [2.05, 4.69) is 15.3 Å². The minimum atomic E-state index is -4.58. The molecule has 1 aliphatic rings. The van der Waals surface area contributed by atoms with Crippen LogP contribution in [0.2, 0.25) is 0 Å². The summed E-state index contributed by atoms with van der Waals surface area (Å²) in [5.74, 6) is -0.475. The third kappa shape index (κ3) is 5.69. The smallest absolute Gasteiger partial charge is 0.382 e. The van der Waals surface area contributed by atoms with E-state index in [9.17, 15) is 31.1 Å². The van der Waals surface area contributed by atoms with Crippen molar-refractivity contribution < 1.29 is 31.1 Å². The van der Waals surface area contributed by atoms with Crippen LogP contribution in [0.1, 0.15) is 47.4 Å². The van der Waals surface area contributed by atoms with E-state index >= 15 is 0 Å². The number of nitrogen functional groups attached to an aromatic ring is 1. The average molecular weight is 578 g/mol. The first-order valence-corrected chi connectivity index (χ1v) is 12.7. The Morgan fingerprint density at radius 3 is 2.44 bits per heavy atom. The number of carbonyl (C=O) groups is 1. The minimum absolute atomic E-state index is 0.0582. The number of alkyl halides is 6. The fraction of sp³-hybridized carbons (Fsp3) is 0.333. The molecular weight excluding hydrogens is 552 g/mol. The van der Waals surface area contributed by atoms with Gasteiger partial charge in [-0.15, -0.1) is 0 Å². The maximum atomic E-state index is 13.6. The number of likely N-dealkylation sites (N-methyl/N-ethyl adjacent to an activating group) is 1. The van der Waals surface area contributed by atoms with E-state index in [1.807, 2.05) is 0 Å². The Bertz CT molecular complexity index is 1570. The number of halogens is 6. The Kier molecular flexibility index (Phi) is 7.36. The van der Waals surface area contributed by atoms with Gasteiger partial charge < -0.3 is 11.1 Å². The predicted molar refractivity (Wildman–Crippen MR) is 139 cm³/mol. The van der Waals surface area contributed by atoms with Crippen molar-refractivity contribution in [3.63, 3.8) is 0 Å². The number of nitrogens with zero attached hydrogens (tertiary/aromatic N) is 5. The van der Waals surface area contributed by atoms with E-state index in [-0.39, 0.29) is 49.0 Å². The van der Waals surface area contributed by atoms with Crippen LogP contribution in [0.5, 0.6) is 0 Å². The van der Waals surface area contributed by atoms with Crippen molar-refractivity contribution >= 4 is 23.1 Å². The second-order valence-corrected chi connectivity index (χ2v) is 9.73. The van der Waals surface area contributed by atoms with Crippen LogP contribution in [0.15, 0.2) is 55.0 Å². The van der Waals surface area contributed by atoms with Crippen LogP contribution >= 0.6 is 0 Å². The van der Waals surface area contributed by atoms with Crippen molar-refractivity contribution in [2.24, 2.45) is 0 Å². The summed E-state index contributed by atoms with van der Waals surface area (Å²) < 4.78 is 81.4. The highest BCUT2D eigenvalue weighted by molar-refractivity contribution is 6.04. The molecule has 41 heavy (non-hydrogen) atoms. The molecule has 2 atom stereocenters. The molecule has 1 aliphatic heterocycles. The third-order valence-corrected chi connectivity index (χ3v) is 7.19. The Hall–Kier alpha value is -4.20. The van der Waals surface area contributed by atoms with Gasteiger partial charge in [0, 0.05) is 42.2 Å². The van der Waals surface area contributed by atoms with Crippen molar-refractivity contribution in [1.82, 2.24) is 24.3 Å². The summed E-state index contributed by atoms with van der Waals surface area (Å²) in [6.45, 7) is 2.10. The SMILES string of the molecule is CCN1C[C@@H](c2nc(-c3ccc(C(=O)Nc4cc(C(F)(F)F)ccn4)cc3)c3c(N)nccn23)CC[C@@H]1C(F)(F)F. The zero-order valence-corrected chi connectivity index (χ0v) is 21.7. The van der Waals surface area contributed by atoms with Gasteiger partial charge in [0.1, 0.15) is 34.7 Å². The number of benzene rings is 1. The van der Waals surface area contributed by atoms with Crippen molar-refractivity contribution in [2.45, 2.75) is 44.1 Å². The number of nitrogens with one attached hydrogen (secondary N) is 1. The second kappa shape index (κ2) is 10.7. The Morgan fingerprint density at radius 1 is 1.05 bits per heavy atom. The van der Waals surface area contributed by atoms with Crippen molar-refractivity contribution in [3.05, 3.63) is 71.9 Å². The molecule has 8 nitrogen and oxygen atoms in total. The number of pyridine rings is 1. The maximum absolute atomic E-state index is 13.6. The largest absolute Gasteiger partial charge is 0.416 e. The number of fused-ring (bicyclic) bond motifs is 1. The van der Waals surface area contributed by atoms with Gasteiger partial charge in [0.25, 0.3) is 5.91 Å². The van der Waals surface area contributed by atoms with Gasteiger partial charge in [-0.25, -0.2) is 15.0 Å². The lowest BCUT2D eigenvalue weighted by Crippen LogP contribution is -2.50. The number of aromatic nitrogens is 4. The fourth-order valence-electron chi connectivity index (χ4n) is 5.19. The summed E-state index contributed by atoms with van der Waals surface area (Å²) in [7, 11) is 0. The van der Waals surface area contributed by atoms with Crippen LogP contribution < -0.4 is 11.1 Å². The number of hydrogen-bond acceptors (Lipinski definition) is 6. The number of nitrogens with two attached hydrogens (primary N) is 1. The molecule has 4 aromatic rings. The molecule has 0 aliphatic carbocycles. The Morgan fingerprint density at radius 2 is 1.78 bits per heavy atom. The van der Waals surface area contributed by atoms with E-state index in [1.165, 1.54) is 23.2 Å². The third-order valence-electron chi connectivity index (χ3n) is 7.19. The number of hydrogen-bond donors (Lipinski definition) is 2. The van der Waals surface area contributed by atoms with Gasteiger partial charge in [0.2, 0.25) is 0 Å². The van der Waals surface area contributed by atoms with Crippen LogP contribution in [0.3, 0.4) is 0 Å². The molecule has 216 valence electrons. The van der Waals surface area contributed by atoms with Gasteiger partial charge in [0.15, 0.2) is 0 Å². The molecule has 0 unspecified atom stereocenters. The lowest BCUT2D eigenvalue weighted by Gasteiger charge is -2.39. The zero-order chi connectivity index (χ0) is 29.5. The monoisotopic (exact) mass is 577 g/mol. The van der Waals surface area contributed by atoms with Gasteiger partial charge in [-0.2, -0.15) is 26.3 Å². The number of amides is 1. The molecule has 14 heteroatoms. The molecule has 1 fully saturated rings. The molecule has 0 radical (unpaired) electrons. The van der Waals surface area contributed by atoms with E-state index in [1.54, 1.807) is 29.7 Å². The molecule has 1 amide bonds. The molecule has 5 rings (SSSR count). The first-order chi connectivity index (χ1) is 19.4. The molecule has 1 aromatic carbocycles. The van der Waals surface area contributed by atoms with Crippen molar-refractivity contribution in [3.8, 4) is 11.3 Å². The summed E-state index contributed by atoms with van der Waals surface area (Å²) in [5.41, 5.74) is 6.90. The number of piperidine rings is 1. The van der Waals surface area contributed by atoms with Gasteiger partial charge in [-0.1, -0.05) is 19.1 Å². The number of imidazole rings is 1. The van der Waals surface area contributed by atoms with E-state index in [0.29, 0.717) is 22.6 Å². The van der Waals surface area contributed by atoms with Gasteiger partial charge in [0.05, 0.1) is 5.56 Å². The lowest BCUT2D eigenvalue weighted by molar-refractivity contribution is -0.191. The zero-order valence-electron chi connectivity index (χ0n) is 21.7. The van der Waals surface area contributed by atoms with E-state index in [4.69, 9.17) is 10.7 Å². The van der Waals surface area contributed by atoms with E-state index in [0.717, 1.165) is 18.3 Å². The van der Waals surface area contributed by atoms with Crippen molar-refractivity contribution in [2.75, 3.05) is 24.1 Å². The number of likely N-dealkylation sites (tertiary alicyclic amines) is 1. The highest BCUT2D eigenvalue weighted by atomic mass is 19.4. The van der Waals surface area contributed by atoms with Crippen LogP contribution in [0.4, 0.5) is 38.0 Å². The fourth-order valence-corrected chi connectivity index (χ4v) is 5.19. The quantitative estimate of drug-likeness (QED) is 0.292. The predicted octanol–water partition coefficient (Wildman–Crippen LogP) is 5.77. The molecule has 3 N–H and O–H groups in total. The molecule has 0 saturated carbocycles. The molecule has 0 bridgehead atoms. The molecule has 3 aromatic heterocycles. The standard InChI is InChI=1S/C27H25F6N7O/c1-2-39-14-17(7-8-19(39)27(31,32)33)24-38-21(22-23(34)36-11-12-40(22)24)15-3-5-16(6-4-15)25(41)37-20-13-18(9-10-35-20)26(28,29)30/h3-6,9-13,17,19H,2,7-8,14H2,1H3,(H2,34,36)(H,35,37,41)/t17-,19+/m0/s1. The number of rotatable bonds is 5. The van der Waals surface area contributed by atoms with Gasteiger partial charge in [-0.3, -0.25) is 14.1 Å². The molecule has 4 heterocycles. The summed E-state index contributed by atoms with van der Waals surface area (Å²) in [5, 5.41) is 2.36. The normalized spacial score (nSPS) is 18.5. The highest BCUT2D eigenvalue weighted by Gasteiger charge is 2.46. The summed E-state index contributed by atoms with van der Waals surface area (Å²) in [4.78, 5) is 26.8. The second-order valence-electron chi connectivity index (χ2n) is 9.73. The number of anilines is 2. The maximum Gasteiger partial charge on any atom is 0.416 e. The van der Waals surface area contributed by atoms with E-state index < -0.39 is 29.9 Å². The Balaban J connectivity index is 1.42. The van der Waals surface area contributed by atoms with Gasteiger partial charge in [-0.05, 0) is 43.7 Å². The lowest BCUT2D eigenvalue weighted by atomic mass is 9.91. The minimum Gasteiger partial charge on any atom is -0.382 e. The molecule has 0 spiro atoms. The van der Waals surface area contributed by atoms with Crippen LogP contribution in [-0.4, -0.2) is 55.5 Å². The Labute approximate surface area is 230 Å². The topological polar surface area (TPSA) is 101 Å². The molecular formula is C27H25F6N7O.